The minimum absolute atomic E-state index is 0.121. The average molecular weight is 273 g/mol. The molecule has 0 aliphatic carbocycles. The van der Waals surface area contributed by atoms with Gasteiger partial charge >= 0.3 is 11.8 Å². The molecule has 0 bridgehead atoms. The van der Waals surface area contributed by atoms with Gasteiger partial charge in [-0.05, 0) is 36.6 Å². The zero-order valence-corrected chi connectivity index (χ0v) is 12.2. The minimum Gasteiger partial charge on any atom is -0.345 e. The molecule has 2 N–H and O–H groups in total. The lowest BCUT2D eigenvalue weighted by atomic mass is 9.88. The summed E-state index contributed by atoms with van der Waals surface area (Å²) < 4.78 is 0. The lowest BCUT2D eigenvalue weighted by Crippen LogP contribution is -2.46. The number of hydrogen-bond acceptors (Lipinski definition) is 3. The number of amides is 2. The standard InChI is InChI=1S/C15H19N3O2/c1-10(15(2,3)4)17-13(19)14(20)18-12-7-5-11(9-16)6-8-12/h5-8,10H,1-4H3,(H,17,19)(H,18,20)/t10-/m0/s1. The van der Waals surface area contributed by atoms with Crippen molar-refractivity contribution < 1.29 is 9.59 Å². The summed E-state index contributed by atoms with van der Waals surface area (Å²) in [6.07, 6.45) is 0. The average Bonchev–Trinajstić information content (AvgIpc) is 2.38. The van der Waals surface area contributed by atoms with E-state index in [0.717, 1.165) is 0 Å². The minimum atomic E-state index is -0.717. The third-order valence-corrected chi connectivity index (χ3v) is 3.12. The highest BCUT2D eigenvalue weighted by Gasteiger charge is 2.24. The Morgan fingerprint density at radius 2 is 1.70 bits per heavy atom. The molecule has 0 aliphatic heterocycles. The van der Waals surface area contributed by atoms with Crippen LogP contribution < -0.4 is 10.6 Å². The van der Waals surface area contributed by atoms with E-state index in [-0.39, 0.29) is 11.5 Å². The molecule has 0 unspecified atom stereocenters. The van der Waals surface area contributed by atoms with Gasteiger partial charge in [0.05, 0.1) is 11.6 Å². The molecular weight excluding hydrogens is 254 g/mol. The Morgan fingerprint density at radius 1 is 1.15 bits per heavy atom. The van der Waals surface area contributed by atoms with E-state index in [2.05, 4.69) is 10.6 Å². The smallest absolute Gasteiger partial charge is 0.313 e. The quantitative estimate of drug-likeness (QED) is 0.809. The Labute approximate surface area is 119 Å². The van der Waals surface area contributed by atoms with E-state index in [1.54, 1.807) is 24.3 Å². The molecule has 0 radical (unpaired) electrons. The molecule has 0 saturated carbocycles. The highest BCUT2D eigenvalue weighted by Crippen LogP contribution is 2.18. The number of rotatable bonds is 2. The predicted molar refractivity (Wildman–Crippen MR) is 76.8 cm³/mol. The van der Waals surface area contributed by atoms with Crippen molar-refractivity contribution in [3.05, 3.63) is 29.8 Å². The normalized spacial score (nSPS) is 12.2. The Balaban J connectivity index is 2.62. The first kappa shape index (κ1) is 15.7. The molecule has 1 rings (SSSR count). The van der Waals surface area contributed by atoms with E-state index in [9.17, 15) is 9.59 Å². The fourth-order valence-electron chi connectivity index (χ4n) is 1.29. The highest BCUT2D eigenvalue weighted by molar-refractivity contribution is 6.39. The van der Waals surface area contributed by atoms with Gasteiger partial charge in [0.2, 0.25) is 0 Å². The molecule has 0 aliphatic rings. The molecule has 0 spiro atoms. The topological polar surface area (TPSA) is 82.0 Å². The van der Waals surface area contributed by atoms with Gasteiger partial charge in [-0.25, -0.2) is 0 Å². The van der Waals surface area contributed by atoms with Gasteiger partial charge in [-0.15, -0.1) is 0 Å². The zero-order valence-electron chi connectivity index (χ0n) is 12.2. The largest absolute Gasteiger partial charge is 0.345 e. The first-order chi connectivity index (χ1) is 9.24. The van der Waals surface area contributed by atoms with Gasteiger partial charge in [0.25, 0.3) is 0 Å². The zero-order chi connectivity index (χ0) is 15.3. The SMILES string of the molecule is C[C@H](NC(=O)C(=O)Nc1ccc(C#N)cc1)C(C)(C)C. The van der Waals surface area contributed by atoms with Crippen molar-refractivity contribution in [2.75, 3.05) is 5.32 Å². The van der Waals surface area contributed by atoms with Crippen LogP contribution in [0.5, 0.6) is 0 Å². The lowest BCUT2D eigenvalue weighted by molar-refractivity contribution is -0.137. The fourth-order valence-corrected chi connectivity index (χ4v) is 1.29. The lowest BCUT2D eigenvalue weighted by Gasteiger charge is -2.27. The summed E-state index contributed by atoms with van der Waals surface area (Å²) in [5.74, 6) is -1.39. The summed E-state index contributed by atoms with van der Waals surface area (Å²) in [6.45, 7) is 7.80. The van der Waals surface area contributed by atoms with Crippen LogP contribution in [0.2, 0.25) is 0 Å². The second kappa shape index (κ2) is 6.20. The Hall–Kier alpha value is -2.35. The summed E-state index contributed by atoms with van der Waals surface area (Å²) >= 11 is 0. The van der Waals surface area contributed by atoms with Crippen molar-refractivity contribution in [3.63, 3.8) is 0 Å². The number of carbonyl (C=O) groups excluding carboxylic acids is 2. The van der Waals surface area contributed by atoms with Crippen LogP contribution in [-0.2, 0) is 9.59 Å². The van der Waals surface area contributed by atoms with Crippen LogP contribution in [0.15, 0.2) is 24.3 Å². The van der Waals surface area contributed by atoms with Crippen LogP contribution in [0.4, 0.5) is 5.69 Å². The van der Waals surface area contributed by atoms with Gasteiger partial charge < -0.3 is 10.6 Å². The molecule has 0 heterocycles. The molecule has 0 saturated heterocycles. The van der Waals surface area contributed by atoms with E-state index < -0.39 is 11.8 Å². The summed E-state index contributed by atoms with van der Waals surface area (Å²) in [6, 6.07) is 8.17. The highest BCUT2D eigenvalue weighted by atomic mass is 16.2. The molecule has 20 heavy (non-hydrogen) atoms. The number of nitrogens with zero attached hydrogens (tertiary/aromatic N) is 1. The number of anilines is 1. The van der Waals surface area contributed by atoms with Crippen molar-refractivity contribution in [3.8, 4) is 6.07 Å². The first-order valence-corrected chi connectivity index (χ1v) is 6.36. The number of nitrogens with one attached hydrogen (secondary N) is 2. The van der Waals surface area contributed by atoms with Crippen LogP contribution in [0.25, 0.3) is 0 Å². The third-order valence-electron chi connectivity index (χ3n) is 3.12. The van der Waals surface area contributed by atoms with Gasteiger partial charge in [0.15, 0.2) is 0 Å². The van der Waals surface area contributed by atoms with Crippen molar-refractivity contribution in [1.82, 2.24) is 5.32 Å². The number of nitriles is 1. The van der Waals surface area contributed by atoms with Crippen LogP contribution in [-0.4, -0.2) is 17.9 Å². The monoisotopic (exact) mass is 273 g/mol. The van der Waals surface area contributed by atoms with E-state index >= 15 is 0 Å². The summed E-state index contributed by atoms with van der Waals surface area (Å²) in [7, 11) is 0. The van der Waals surface area contributed by atoms with Crippen LogP contribution in [0.3, 0.4) is 0 Å². The molecule has 5 heteroatoms. The molecule has 0 fully saturated rings. The van der Waals surface area contributed by atoms with Crippen LogP contribution in [0, 0.1) is 16.7 Å². The van der Waals surface area contributed by atoms with Crippen molar-refractivity contribution >= 4 is 17.5 Å². The maximum atomic E-state index is 11.8. The molecule has 5 nitrogen and oxygen atoms in total. The maximum absolute atomic E-state index is 11.8. The Bertz CT molecular complexity index is 536. The summed E-state index contributed by atoms with van der Waals surface area (Å²) in [5, 5.41) is 13.8. The molecule has 0 aromatic heterocycles. The van der Waals surface area contributed by atoms with Gasteiger partial charge in [-0.3, -0.25) is 9.59 Å². The Morgan fingerprint density at radius 3 is 2.15 bits per heavy atom. The van der Waals surface area contributed by atoms with Crippen LogP contribution in [0.1, 0.15) is 33.3 Å². The second-order valence-electron chi connectivity index (χ2n) is 5.70. The van der Waals surface area contributed by atoms with Crippen LogP contribution >= 0.6 is 0 Å². The van der Waals surface area contributed by atoms with Gasteiger partial charge in [-0.1, -0.05) is 20.8 Å². The molecule has 106 valence electrons. The molecule has 1 atom stereocenters. The number of carbonyl (C=O) groups is 2. The molecule has 1 aromatic carbocycles. The van der Waals surface area contributed by atoms with E-state index in [0.29, 0.717) is 11.3 Å². The predicted octanol–water partition coefficient (Wildman–Crippen LogP) is 2.05. The van der Waals surface area contributed by atoms with Crippen molar-refractivity contribution in [2.45, 2.75) is 33.7 Å². The first-order valence-electron chi connectivity index (χ1n) is 6.36. The van der Waals surface area contributed by atoms with Gasteiger partial charge in [0.1, 0.15) is 0 Å². The number of hydrogen-bond donors (Lipinski definition) is 2. The van der Waals surface area contributed by atoms with Gasteiger partial charge in [-0.2, -0.15) is 5.26 Å². The van der Waals surface area contributed by atoms with E-state index in [4.69, 9.17) is 5.26 Å². The molecule has 1 aromatic rings. The Kier molecular flexibility index (Phi) is 4.87. The fraction of sp³-hybridized carbons (Fsp3) is 0.400. The molecular formula is C15H19N3O2. The third kappa shape index (κ3) is 4.39. The van der Waals surface area contributed by atoms with E-state index in [1.807, 2.05) is 33.8 Å². The second-order valence-corrected chi connectivity index (χ2v) is 5.70. The van der Waals surface area contributed by atoms with E-state index in [1.165, 1.54) is 0 Å². The number of benzene rings is 1. The maximum Gasteiger partial charge on any atom is 0.313 e. The van der Waals surface area contributed by atoms with Crippen molar-refractivity contribution in [1.29, 1.82) is 5.26 Å². The van der Waals surface area contributed by atoms with Gasteiger partial charge in [0, 0.05) is 11.7 Å². The summed E-state index contributed by atoms with van der Waals surface area (Å²) in [4.78, 5) is 23.5. The van der Waals surface area contributed by atoms with Crippen molar-refractivity contribution in [2.24, 2.45) is 5.41 Å². The molecule has 2 amide bonds. The summed E-state index contributed by atoms with van der Waals surface area (Å²) in [5.41, 5.74) is 0.853.